The van der Waals surface area contributed by atoms with E-state index in [1.54, 1.807) is 14.2 Å². The molecule has 1 amide bonds. The first-order chi connectivity index (χ1) is 10.7. The van der Waals surface area contributed by atoms with E-state index in [-0.39, 0.29) is 11.9 Å². The summed E-state index contributed by atoms with van der Waals surface area (Å²) in [7, 11) is 3.26. The Morgan fingerprint density at radius 3 is 2.82 bits per heavy atom. The molecule has 116 valence electrons. The summed E-state index contributed by atoms with van der Waals surface area (Å²) < 4.78 is 10.8. The van der Waals surface area contributed by atoms with Crippen LogP contribution in [0.4, 0.5) is 0 Å². The van der Waals surface area contributed by atoms with Gasteiger partial charge >= 0.3 is 0 Å². The molecule has 7 nitrogen and oxygen atoms in total. The summed E-state index contributed by atoms with van der Waals surface area (Å²) in [5.41, 5.74) is 10.8. The molecule has 0 radical (unpaired) electrons. The zero-order valence-corrected chi connectivity index (χ0v) is 12.7. The molecule has 2 aliphatic heterocycles. The van der Waals surface area contributed by atoms with E-state index in [1.807, 2.05) is 17.0 Å². The van der Waals surface area contributed by atoms with Gasteiger partial charge < -0.3 is 14.4 Å². The highest BCUT2D eigenvalue weighted by atomic mass is 16.5. The van der Waals surface area contributed by atoms with E-state index in [0.29, 0.717) is 13.0 Å². The number of hydrogen-bond acceptors (Lipinski definition) is 4. The van der Waals surface area contributed by atoms with E-state index >= 15 is 0 Å². The topological polar surface area (TPSA) is 87.5 Å². The van der Waals surface area contributed by atoms with Crippen molar-refractivity contribution in [3.8, 4) is 11.5 Å². The average Bonchev–Trinajstić information content (AvgIpc) is 2.55. The molecule has 0 N–H and O–H groups in total. The van der Waals surface area contributed by atoms with Crippen LogP contribution in [-0.4, -0.2) is 37.6 Å². The molecule has 7 heteroatoms. The number of piperidine rings is 1. The van der Waals surface area contributed by atoms with E-state index in [0.717, 1.165) is 35.5 Å². The van der Waals surface area contributed by atoms with Crippen molar-refractivity contribution < 1.29 is 14.3 Å². The number of hydrogen-bond donors (Lipinski definition) is 0. The number of methoxy groups -OCH3 is 2. The molecule has 0 bridgehead atoms. The van der Waals surface area contributed by atoms with Gasteiger partial charge in [0, 0.05) is 23.1 Å². The molecule has 1 aromatic rings. The molecular formula is C15H18N4O3. The number of azide groups is 1. The van der Waals surface area contributed by atoms with Gasteiger partial charge in [0.2, 0.25) is 5.91 Å². The lowest BCUT2D eigenvalue weighted by molar-refractivity contribution is -0.138. The largest absolute Gasteiger partial charge is 0.497 e. The molecule has 0 saturated carbocycles. The average molecular weight is 302 g/mol. The fraction of sp³-hybridized carbons (Fsp3) is 0.533. The molecule has 2 atom stereocenters. The van der Waals surface area contributed by atoms with Crippen LogP contribution in [0, 0.1) is 0 Å². The van der Waals surface area contributed by atoms with Gasteiger partial charge in [0.25, 0.3) is 0 Å². The van der Waals surface area contributed by atoms with Crippen LogP contribution in [0.15, 0.2) is 17.2 Å². The maximum atomic E-state index is 12.5. The predicted molar refractivity (Wildman–Crippen MR) is 79.9 cm³/mol. The maximum absolute atomic E-state index is 12.5. The number of carbonyl (C=O) groups excluding carboxylic acids is 1. The van der Waals surface area contributed by atoms with Crippen molar-refractivity contribution in [1.82, 2.24) is 4.90 Å². The highest BCUT2D eigenvalue weighted by molar-refractivity contribution is 5.84. The van der Waals surface area contributed by atoms with E-state index in [9.17, 15) is 4.79 Å². The van der Waals surface area contributed by atoms with Gasteiger partial charge in [-0.2, -0.15) is 0 Å². The number of nitrogens with zero attached hydrogens (tertiary/aromatic N) is 4. The highest BCUT2D eigenvalue weighted by Gasteiger charge is 2.40. The monoisotopic (exact) mass is 302 g/mol. The Morgan fingerprint density at radius 1 is 1.32 bits per heavy atom. The number of fused-ring (bicyclic) bond motifs is 3. The summed E-state index contributed by atoms with van der Waals surface area (Å²) in [5.74, 6) is 1.43. The van der Waals surface area contributed by atoms with Crippen LogP contribution in [-0.2, 0) is 11.2 Å². The molecule has 0 aliphatic carbocycles. The summed E-state index contributed by atoms with van der Waals surface area (Å²) in [6.45, 7) is 0.629. The first kappa shape index (κ1) is 14.5. The second kappa shape index (κ2) is 5.77. The van der Waals surface area contributed by atoms with Crippen LogP contribution < -0.4 is 9.47 Å². The Bertz CT molecular complexity index is 637. The number of rotatable bonds is 3. The molecule has 1 fully saturated rings. The van der Waals surface area contributed by atoms with Gasteiger partial charge in [-0.3, -0.25) is 4.79 Å². The first-order valence-corrected chi connectivity index (χ1v) is 7.29. The van der Waals surface area contributed by atoms with Crippen molar-refractivity contribution in [2.75, 3.05) is 20.8 Å². The fourth-order valence-corrected chi connectivity index (χ4v) is 3.44. The number of carbonyl (C=O) groups is 1. The predicted octanol–water partition coefficient (Wildman–Crippen LogP) is 2.60. The Morgan fingerprint density at radius 2 is 2.14 bits per heavy atom. The molecule has 2 aliphatic rings. The Kier molecular flexibility index (Phi) is 3.81. The molecule has 0 unspecified atom stereocenters. The van der Waals surface area contributed by atoms with Crippen molar-refractivity contribution in [2.24, 2.45) is 5.11 Å². The van der Waals surface area contributed by atoms with Gasteiger partial charge in [-0.1, -0.05) is 5.11 Å². The summed E-state index contributed by atoms with van der Waals surface area (Å²) in [4.78, 5) is 17.1. The van der Waals surface area contributed by atoms with Crippen molar-refractivity contribution in [3.63, 3.8) is 0 Å². The van der Waals surface area contributed by atoms with Gasteiger partial charge in [-0.15, -0.1) is 0 Å². The Labute approximate surface area is 128 Å². The molecule has 0 aromatic heterocycles. The van der Waals surface area contributed by atoms with E-state index in [2.05, 4.69) is 10.0 Å². The van der Waals surface area contributed by atoms with E-state index in [4.69, 9.17) is 15.0 Å². The van der Waals surface area contributed by atoms with E-state index in [1.165, 1.54) is 0 Å². The fourth-order valence-electron chi connectivity index (χ4n) is 3.44. The standard InChI is InChI=1S/C15H18N4O3/c1-21-10-7-9-5-6-19-12(14(9)13(8-10)22-2)4-3-11(15(19)20)17-18-16/h7-8,11-12H,3-6H2,1-2H3/t11-,12+/m1/s1. The molecular weight excluding hydrogens is 284 g/mol. The first-order valence-electron chi connectivity index (χ1n) is 7.29. The molecule has 1 saturated heterocycles. The van der Waals surface area contributed by atoms with Crippen LogP contribution >= 0.6 is 0 Å². The molecule has 0 spiro atoms. The van der Waals surface area contributed by atoms with Gasteiger partial charge in [-0.25, -0.2) is 0 Å². The normalized spacial score (nSPS) is 23.2. The number of ether oxygens (including phenoxy) is 2. The summed E-state index contributed by atoms with van der Waals surface area (Å²) in [6, 6.07) is 3.28. The summed E-state index contributed by atoms with van der Waals surface area (Å²) in [6.07, 6.45) is 2.08. The molecule has 1 aromatic carbocycles. The minimum Gasteiger partial charge on any atom is -0.497 e. The van der Waals surface area contributed by atoms with Crippen molar-refractivity contribution in [2.45, 2.75) is 31.3 Å². The van der Waals surface area contributed by atoms with Gasteiger partial charge in [0.15, 0.2) is 0 Å². The third-order valence-corrected chi connectivity index (χ3v) is 4.46. The molecule has 2 heterocycles. The van der Waals surface area contributed by atoms with Crippen LogP contribution in [0.5, 0.6) is 11.5 Å². The van der Waals surface area contributed by atoms with Gasteiger partial charge in [0.05, 0.1) is 20.3 Å². The summed E-state index contributed by atoms with van der Waals surface area (Å²) in [5, 5.41) is 3.62. The minimum atomic E-state index is -0.577. The lowest BCUT2D eigenvalue weighted by Gasteiger charge is -2.42. The van der Waals surface area contributed by atoms with Crippen LogP contribution in [0.3, 0.4) is 0 Å². The van der Waals surface area contributed by atoms with E-state index < -0.39 is 6.04 Å². The van der Waals surface area contributed by atoms with Crippen LogP contribution in [0.25, 0.3) is 10.4 Å². The van der Waals surface area contributed by atoms with Crippen LogP contribution in [0.1, 0.15) is 30.0 Å². The van der Waals surface area contributed by atoms with Crippen LogP contribution in [0.2, 0.25) is 0 Å². The second-order valence-corrected chi connectivity index (χ2v) is 5.50. The molecule has 3 rings (SSSR count). The molecule has 22 heavy (non-hydrogen) atoms. The van der Waals surface area contributed by atoms with Gasteiger partial charge in [-0.05, 0) is 36.4 Å². The zero-order valence-electron chi connectivity index (χ0n) is 12.7. The summed E-state index contributed by atoms with van der Waals surface area (Å²) >= 11 is 0. The third kappa shape index (κ3) is 2.23. The Balaban J connectivity index is 2.01. The SMILES string of the molecule is COc1cc2c(c(OC)c1)[C@@H]1CC[C@@H](N=[N+]=[N-])C(=O)N1CC2. The van der Waals surface area contributed by atoms with Crippen molar-refractivity contribution in [3.05, 3.63) is 33.7 Å². The van der Waals surface area contributed by atoms with Crippen molar-refractivity contribution in [1.29, 1.82) is 0 Å². The quantitative estimate of drug-likeness (QED) is 0.488. The third-order valence-electron chi connectivity index (χ3n) is 4.46. The van der Waals surface area contributed by atoms with Crippen molar-refractivity contribution >= 4 is 5.91 Å². The van der Waals surface area contributed by atoms with Gasteiger partial charge in [0.1, 0.15) is 17.5 Å². The lowest BCUT2D eigenvalue weighted by Crippen LogP contribution is -2.48. The number of amides is 1. The minimum absolute atomic E-state index is 0.0118. The Hall–Kier alpha value is -2.40. The maximum Gasteiger partial charge on any atom is 0.232 e. The second-order valence-electron chi connectivity index (χ2n) is 5.50. The lowest BCUT2D eigenvalue weighted by atomic mass is 9.84. The highest BCUT2D eigenvalue weighted by Crippen LogP contribution is 2.44. The number of benzene rings is 1. The smallest absolute Gasteiger partial charge is 0.232 e. The zero-order chi connectivity index (χ0) is 15.7.